The highest BCUT2D eigenvalue weighted by molar-refractivity contribution is 5.77. The van der Waals surface area contributed by atoms with E-state index >= 15 is 0 Å². The van der Waals surface area contributed by atoms with Crippen molar-refractivity contribution < 1.29 is 9.53 Å². The maximum absolute atomic E-state index is 12.1. The zero-order chi connectivity index (χ0) is 19.4. The van der Waals surface area contributed by atoms with Crippen LogP contribution in [0, 0.1) is 25.2 Å². The first-order valence-electron chi connectivity index (χ1n) is 8.19. The second-order valence-corrected chi connectivity index (χ2v) is 5.76. The van der Waals surface area contributed by atoms with Crippen molar-refractivity contribution in [2.24, 2.45) is 0 Å². The van der Waals surface area contributed by atoms with Gasteiger partial charge in [-0.2, -0.15) is 15.3 Å². The van der Waals surface area contributed by atoms with E-state index in [0.717, 1.165) is 17.0 Å². The van der Waals surface area contributed by atoms with E-state index in [4.69, 9.17) is 10.00 Å². The van der Waals surface area contributed by atoms with Crippen LogP contribution in [0.15, 0.2) is 18.5 Å². The number of hydrogen-bond acceptors (Lipinski definition) is 8. The highest BCUT2D eigenvalue weighted by atomic mass is 16.5. The fraction of sp³-hybridized carbons (Fsp3) is 0.294. The van der Waals surface area contributed by atoms with Gasteiger partial charge in [0.1, 0.15) is 11.6 Å². The number of carbonyl (C=O) groups is 1. The molecular formula is C17H18N8O2. The van der Waals surface area contributed by atoms with Crippen LogP contribution in [0.1, 0.15) is 28.9 Å². The van der Waals surface area contributed by atoms with Crippen molar-refractivity contribution in [3.8, 4) is 11.9 Å². The number of carbonyl (C=O) groups excluding carboxylic acids is 1. The number of nitrogens with zero attached hydrogens (tertiary/aromatic N) is 6. The van der Waals surface area contributed by atoms with Crippen LogP contribution in [-0.4, -0.2) is 37.6 Å². The Morgan fingerprint density at radius 1 is 1.37 bits per heavy atom. The highest BCUT2D eigenvalue weighted by Gasteiger charge is 2.14. The van der Waals surface area contributed by atoms with E-state index in [2.05, 4.69) is 37.0 Å². The summed E-state index contributed by atoms with van der Waals surface area (Å²) in [7, 11) is 1.50. The van der Waals surface area contributed by atoms with Crippen molar-refractivity contribution in [2.45, 2.75) is 26.7 Å². The standard InChI is InChI=1S/C17H18N8O2/c1-10-13(11(2)25-16(21-10)12(8-18)9-20-25)4-5-14(26)23-24-17-19-7-6-15(22-17)27-3/h6-7,9H,4-5H2,1-3H3,(H,23,26)(H,19,22,24). The van der Waals surface area contributed by atoms with E-state index in [9.17, 15) is 4.79 Å². The predicted octanol–water partition coefficient (Wildman–Crippen LogP) is 1.09. The monoisotopic (exact) mass is 366 g/mol. The van der Waals surface area contributed by atoms with Gasteiger partial charge in [-0.3, -0.25) is 15.6 Å². The van der Waals surface area contributed by atoms with Crippen LogP contribution >= 0.6 is 0 Å². The highest BCUT2D eigenvalue weighted by Crippen LogP contribution is 2.18. The molecule has 0 saturated heterocycles. The molecule has 3 heterocycles. The Morgan fingerprint density at radius 2 is 2.19 bits per heavy atom. The van der Waals surface area contributed by atoms with Gasteiger partial charge in [0.15, 0.2) is 5.65 Å². The minimum absolute atomic E-state index is 0.224. The van der Waals surface area contributed by atoms with Crippen LogP contribution in [0.5, 0.6) is 5.88 Å². The number of fused-ring (bicyclic) bond motifs is 1. The lowest BCUT2D eigenvalue weighted by atomic mass is 10.1. The molecule has 3 aromatic heterocycles. The number of methoxy groups -OCH3 is 1. The number of ether oxygens (including phenoxy) is 1. The van der Waals surface area contributed by atoms with Gasteiger partial charge in [-0.25, -0.2) is 14.5 Å². The molecule has 0 aliphatic heterocycles. The van der Waals surface area contributed by atoms with Gasteiger partial charge < -0.3 is 4.74 Å². The van der Waals surface area contributed by atoms with Crippen LogP contribution < -0.4 is 15.6 Å². The van der Waals surface area contributed by atoms with Crippen LogP contribution in [0.3, 0.4) is 0 Å². The Kier molecular flexibility index (Phi) is 5.12. The fourth-order valence-corrected chi connectivity index (χ4v) is 2.69. The summed E-state index contributed by atoms with van der Waals surface area (Å²) >= 11 is 0. The number of hydrazine groups is 1. The lowest BCUT2D eigenvalue weighted by molar-refractivity contribution is -0.120. The normalized spacial score (nSPS) is 10.4. The molecule has 0 aliphatic carbocycles. The van der Waals surface area contributed by atoms with Crippen molar-refractivity contribution in [1.29, 1.82) is 5.26 Å². The van der Waals surface area contributed by atoms with Crippen LogP contribution in [-0.2, 0) is 11.2 Å². The first-order chi connectivity index (χ1) is 13.0. The SMILES string of the molecule is COc1ccnc(NNC(=O)CCc2c(C)nc3c(C#N)cnn3c2C)n1. The second kappa shape index (κ2) is 7.65. The third kappa shape index (κ3) is 3.77. The van der Waals surface area contributed by atoms with Crippen LogP contribution in [0.2, 0.25) is 0 Å². The molecular weight excluding hydrogens is 348 g/mol. The van der Waals surface area contributed by atoms with Gasteiger partial charge in [-0.15, -0.1) is 0 Å². The molecule has 2 N–H and O–H groups in total. The molecule has 10 nitrogen and oxygen atoms in total. The van der Waals surface area contributed by atoms with E-state index in [0.29, 0.717) is 23.5 Å². The molecule has 0 spiro atoms. The molecule has 3 rings (SSSR count). The summed E-state index contributed by atoms with van der Waals surface area (Å²) in [6.45, 7) is 3.75. The smallest absolute Gasteiger partial charge is 0.245 e. The molecule has 27 heavy (non-hydrogen) atoms. The molecule has 0 saturated carbocycles. The largest absolute Gasteiger partial charge is 0.481 e. The topological polar surface area (TPSA) is 130 Å². The second-order valence-electron chi connectivity index (χ2n) is 5.76. The van der Waals surface area contributed by atoms with Gasteiger partial charge in [0.05, 0.1) is 13.3 Å². The Balaban J connectivity index is 1.66. The van der Waals surface area contributed by atoms with Crippen molar-refractivity contribution in [1.82, 2.24) is 30.0 Å². The average Bonchev–Trinajstić information content (AvgIpc) is 3.09. The van der Waals surface area contributed by atoms with E-state index in [1.165, 1.54) is 19.5 Å². The summed E-state index contributed by atoms with van der Waals surface area (Å²) in [4.78, 5) is 24.6. The number of nitrogens with one attached hydrogen (secondary N) is 2. The van der Waals surface area contributed by atoms with Crippen LogP contribution in [0.25, 0.3) is 5.65 Å². The lowest BCUT2D eigenvalue weighted by Gasteiger charge is -2.11. The average molecular weight is 366 g/mol. The molecule has 0 bridgehead atoms. The quantitative estimate of drug-likeness (QED) is 0.620. The number of hydrogen-bond donors (Lipinski definition) is 2. The van der Waals surface area contributed by atoms with E-state index in [1.807, 2.05) is 13.8 Å². The van der Waals surface area contributed by atoms with E-state index in [1.54, 1.807) is 10.6 Å². The number of aryl methyl sites for hydroxylation is 2. The summed E-state index contributed by atoms with van der Waals surface area (Å²) in [5.74, 6) is 0.403. The van der Waals surface area contributed by atoms with Crippen molar-refractivity contribution >= 4 is 17.5 Å². The number of rotatable bonds is 6. The maximum Gasteiger partial charge on any atom is 0.245 e. The summed E-state index contributed by atoms with van der Waals surface area (Å²) in [5, 5.41) is 13.3. The van der Waals surface area contributed by atoms with Crippen LogP contribution in [0.4, 0.5) is 5.95 Å². The zero-order valence-corrected chi connectivity index (χ0v) is 15.1. The Morgan fingerprint density at radius 3 is 2.93 bits per heavy atom. The van der Waals surface area contributed by atoms with E-state index in [-0.39, 0.29) is 18.3 Å². The molecule has 1 amide bonds. The zero-order valence-electron chi connectivity index (χ0n) is 15.1. The molecule has 0 aliphatic rings. The molecule has 3 aromatic rings. The minimum Gasteiger partial charge on any atom is -0.481 e. The first-order valence-corrected chi connectivity index (χ1v) is 8.19. The Labute approximate surface area is 155 Å². The number of anilines is 1. The van der Waals surface area contributed by atoms with Gasteiger partial charge in [-0.05, 0) is 25.8 Å². The van der Waals surface area contributed by atoms with Gasteiger partial charge >= 0.3 is 0 Å². The summed E-state index contributed by atoms with van der Waals surface area (Å²) in [6.07, 6.45) is 3.73. The lowest BCUT2D eigenvalue weighted by Crippen LogP contribution is -2.30. The molecule has 0 atom stereocenters. The van der Waals surface area contributed by atoms with Gasteiger partial charge in [-0.1, -0.05) is 0 Å². The van der Waals surface area contributed by atoms with Gasteiger partial charge in [0.25, 0.3) is 0 Å². The predicted molar refractivity (Wildman–Crippen MR) is 95.8 cm³/mol. The fourth-order valence-electron chi connectivity index (χ4n) is 2.69. The summed E-state index contributed by atoms with van der Waals surface area (Å²) in [6, 6.07) is 3.68. The third-order valence-corrected chi connectivity index (χ3v) is 4.08. The minimum atomic E-state index is -0.224. The molecule has 10 heteroatoms. The van der Waals surface area contributed by atoms with Crippen molar-refractivity contribution in [2.75, 3.05) is 12.5 Å². The Hall–Kier alpha value is -3.74. The Bertz CT molecular complexity index is 1040. The molecule has 0 radical (unpaired) electrons. The number of aromatic nitrogens is 5. The molecule has 138 valence electrons. The van der Waals surface area contributed by atoms with Gasteiger partial charge in [0.2, 0.25) is 17.7 Å². The van der Waals surface area contributed by atoms with E-state index < -0.39 is 0 Å². The van der Waals surface area contributed by atoms with Crippen molar-refractivity contribution in [3.05, 3.63) is 41.0 Å². The summed E-state index contributed by atoms with van der Waals surface area (Å²) < 4.78 is 6.63. The number of amides is 1. The summed E-state index contributed by atoms with van der Waals surface area (Å²) in [5.41, 5.74) is 8.71. The molecule has 0 aromatic carbocycles. The molecule has 0 fully saturated rings. The maximum atomic E-state index is 12.1. The third-order valence-electron chi connectivity index (χ3n) is 4.08. The van der Waals surface area contributed by atoms with Gasteiger partial charge in [0, 0.05) is 30.1 Å². The molecule has 0 unspecified atom stereocenters. The first kappa shape index (κ1) is 18.1. The van der Waals surface area contributed by atoms with Crippen molar-refractivity contribution in [3.63, 3.8) is 0 Å². The number of nitriles is 1.